The summed E-state index contributed by atoms with van der Waals surface area (Å²) in [6, 6.07) is 6.16. The van der Waals surface area contributed by atoms with E-state index in [0.29, 0.717) is 0 Å². The lowest BCUT2D eigenvalue weighted by atomic mass is 10.1. The third-order valence-corrected chi connectivity index (χ3v) is 3.18. The van der Waals surface area contributed by atoms with Crippen LogP contribution < -0.4 is 0 Å². The van der Waals surface area contributed by atoms with Crippen LogP contribution in [0.1, 0.15) is 0 Å². The SMILES string of the molecule is c1cn2cc(-c3cncc4[nH]ccc34)ccc2n1. The lowest BCUT2D eigenvalue weighted by Crippen LogP contribution is -1.87. The summed E-state index contributed by atoms with van der Waals surface area (Å²) in [6.45, 7) is 0. The Morgan fingerprint density at radius 2 is 2.11 bits per heavy atom. The summed E-state index contributed by atoms with van der Waals surface area (Å²) in [5, 5.41) is 1.18. The number of H-pyrrole nitrogens is 1. The van der Waals surface area contributed by atoms with E-state index < -0.39 is 0 Å². The molecule has 0 aromatic carbocycles. The molecule has 0 aliphatic rings. The Balaban J connectivity index is 2.03. The summed E-state index contributed by atoms with van der Waals surface area (Å²) < 4.78 is 2.01. The molecule has 1 N–H and O–H groups in total. The molecule has 4 aromatic heterocycles. The predicted molar refractivity (Wildman–Crippen MR) is 70.3 cm³/mol. The van der Waals surface area contributed by atoms with E-state index in [2.05, 4.69) is 33.3 Å². The first kappa shape index (κ1) is 9.41. The predicted octanol–water partition coefficient (Wildman–Crippen LogP) is 2.88. The summed E-state index contributed by atoms with van der Waals surface area (Å²) in [7, 11) is 0. The molecular formula is C14H10N4. The monoisotopic (exact) mass is 234 g/mol. The molecular weight excluding hydrogens is 224 g/mol. The number of rotatable bonds is 1. The average Bonchev–Trinajstić information content (AvgIpc) is 3.05. The van der Waals surface area contributed by atoms with Gasteiger partial charge in [0.25, 0.3) is 0 Å². The minimum Gasteiger partial charge on any atom is -0.360 e. The molecule has 0 aliphatic carbocycles. The summed E-state index contributed by atoms with van der Waals surface area (Å²) in [5.41, 5.74) is 4.27. The van der Waals surface area contributed by atoms with Gasteiger partial charge in [-0.25, -0.2) is 4.98 Å². The van der Waals surface area contributed by atoms with Crippen molar-refractivity contribution in [3.05, 3.63) is 55.4 Å². The van der Waals surface area contributed by atoms with E-state index in [-0.39, 0.29) is 0 Å². The molecule has 4 heteroatoms. The maximum atomic E-state index is 4.27. The van der Waals surface area contributed by atoms with Crippen molar-refractivity contribution >= 4 is 16.6 Å². The summed E-state index contributed by atoms with van der Waals surface area (Å²) in [4.78, 5) is 11.7. The topological polar surface area (TPSA) is 46.0 Å². The fourth-order valence-electron chi connectivity index (χ4n) is 2.29. The molecule has 0 bridgehead atoms. The van der Waals surface area contributed by atoms with Crippen LogP contribution in [0, 0.1) is 0 Å². The van der Waals surface area contributed by atoms with Gasteiger partial charge in [-0.05, 0) is 18.2 Å². The summed E-state index contributed by atoms with van der Waals surface area (Å²) >= 11 is 0. The van der Waals surface area contributed by atoms with Gasteiger partial charge in [-0.15, -0.1) is 0 Å². The van der Waals surface area contributed by atoms with E-state index in [1.807, 2.05) is 35.3 Å². The number of fused-ring (bicyclic) bond motifs is 2. The van der Waals surface area contributed by atoms with E-state index in [4.69, 9.17) is 0 Å². The number of hydrogen-bond donors (Lipinski definition) is 1. The number of imidazole rings is 1. The van der Waals surface area contributed by atoms with Crippen molar-refractivity contribution in [2.24, 2.45) is 0 Å². The molecule has 0 fully saturated rings. The van der Waals surface area contributed by atoms with E-state index in [0.717, 1.165) is 22.3 Å². The molecule has 4 aromatic rings. The Kier molecular flexibility index (Phi) is 1.80. The van der Waals surface area contributed by atoms with Crippen molar-refractivity contribution in [1.29, 1.82) is 0 Å². The van der Waals surface area contributed by atoms with Gasteiger partial charge in [-0.1, -0.05) is 0 Å². The number of pyridine rings is 2. The minimum absolute atomic E-state index is 0.952. The average molecular weight is 234 g/mol. The highest BCUT2D eigenvalue weighted by molar-refractivity contribution is 5.94. The smallest absolute Gasteiger partial charge is 0.136 e. The molecule has 0 saturated heterocycles. The molecule has 0 radical (unpaired) electrons. The fraction of sp³-hybridized carbons (Fsp3) is 0. The highest BCUT2D eigenvalue weighted by atomic mass is 15.0. The molecule has 4 nitrogen and oxygen atoms in total. The summed E-state index contributed by atoms with van der Waals surface area (Å²) in [5.74, 6) is 0. The first-order valence-electron chi connectivity index (χ1n) is 5.76. The number of nitrogens with one attached hydrogen (secondary N) is 1. The Hall–Kier alpha value is -2.62. The third kappa shape index (κ3) is 1.26. The van der Waals surface area contributed by atoms with Crippen LogP contribution in [0.5, 0.6) is 0 Å². The maximum absolute atomic E-state index is 4.27. The highest BCUT2D eigenvalue weighted by Crippen LogP contribution is 2.27. The van der Waals surface area contributed by atoms with Gasteiger partial charge in [-0.2, -0.15) is 0 Å². The first-order chi connectivity index (χ1) is 8.92. The molecule has 0 aliphatic heterocycles. The largest absolute Gasteiger partial charge is 0.360 e. The van der Waals surface area contributed by atoms with Gasteiger partial charge in [0.05, 0.1) is 11.7 Å². The first-order valence-corrected chi connectivity index (χ1v) is 5.76. The number of nitrogens with zero attached hydrogens (tertiary/aromatic N) is 3. The molecule has 4 heterocycles. The van der Waals surface area contributed by atoms with E-state index >= 15 is 0 Å². The number of aromatic amines is 1. The van der Waals surface area contributed by atoms with Crippen molar-refractivity contribution in [2.45, 2.75) is 0 Å². The van der Waals surface area contributed by atoms with Crippen LogP contribution >= 0.6 is 0 Å². The Bertz CT molecular complexity index is 841. The van der Waals surface area contributed by atoms with Crippen LogP contribution in [0.4, 0.5) is 0 Å². The molecule has 18 heavy (non-hydrogen) atoms. The maximum Gasteiger partial charge on any atom is 0.136 e. The zero-order valence-electron chi connectivity index (χ0n) is 9.54. The Labute approximate surface area is 103 Å². The quantitative estimate of drug-likeness (QED) is 0.550. The number of aromatic nitrogens is 4. The molecule has 86 valence electrons. The van der Waals surface area contributed by atoms with Gasteiger partial charge in [0.1, 0.15) is 5.65 Å². The van der Waals surface area contributed by atoms with Crippen LogP contribution in [0.3, 0.4) is 0 Å². The van der Waals surface area contributed by atoms with Crippen LogP contribution in [-0.4, -0.2) is 19.4 Å². The van der Waals surface area contributed by atoms with E-state index in [1.54, 1.807) is 6.20 Å². The van der Waals surface area contributed by atoms with Crippen molar-refractivity contribution in [3.8, 4) is 11.1 Å². The zero-order valence-corrected chi connectivity index (χ0v) is 9.54. The molecule has 0 unspecified atom stereocenters. The van der Waals surface area contributed by atoms with Crippen molar-refractivity contribution in [2.75, 3.05) is 0 Å². The lowest BCUT2D eigenvalue weighted by Gasteiger charge is -2.04. The third-order valence-electron chi connectivity index (χ3n) is 3.18. The van der Waals surface area contributed by atoms with Gasteiger partial charge < -0.3 is 9.38 Å². The van der Waals surface area contributed by atoms with Crippen LogP contribution in [0.2, 0.25) is 0 Å². The van der Waals surface area contributed by atoms with Gasteiger partial charge in [-0.3, -0.25) is 4.98 Å². The highest BCUT2D eigenvalue weighted by Gasteiger charge is 2.06. The van der Waals surface area contributed by atoms with Crippen LogP contribution in [-0.2, 0) is 0 Å². The Morgan fingerprint density at radius 1 is 1.11 bits per heavy atom. The van der Waals surface area contributed by atoms with E-state index in [1.165, 1.54) is 5.39 Å². The zero-order chi connectivity index (χ0) is 11.9. The van der Waals surface area contributed by atoms with Gasteiger partial charge in [0, 0.05) is 47.5 Å². The van der Waals surface area contributed by atoms with Gasteiger partial charge in [0.2, 0.25) is 0 Å². The van der Waals surface area contributed by atoms with Crippen LogP contribution in [0.15, 0.2) is 55.4 Å². The standard InChI is InChI=1S/C14H10N4/c1-2-14-17-5-6-18(14)9-10(1)12-7-15-8-13-11(12)3-4-16-13/h1-9,16H. The summed E-state index contributed by atoms with van der Waals surface area (Å²) in [6.07, 6.45) is 11.5. The second-order valence-corrected chi connectivity index (χ2v) is 4.24. The molecule has 0 spiro atoms. The van der Waals surface area contributed by atoms with E-state index in [9.17, 15) is 0 Å². The fourth-order valence-corrected chi connectivity index (χ4v) is 2.29. The van der Waals surface area contributed by atoms with Crippen molar-refractivity contribution < 1.29 is 0 Å². The van der Waals surface area contributed by atoms with Crippen molar-refractivity contribution in [1.82, 2.24) is 19.4 Å². The minimum atomic E-state index is 0.952. The van der Waals surface area contributed by atoms with Crippen LogP contribution in [0.25, 0.3) is 27.7 Å². The Morgan fingerprint density at radius 3 is 3.11 bits per heavy atom. The second-order valence-electron chi connectivity index (χ2n) is 4.24. The number of hydrogen-bond acceptors (Lipinski definition) is 2. The molecule has 0 atom stereocenters. The normalized spacial score (nSPS) is 11.3. The molecule has 0 amide bonds. The molecule has 0 saturated carbocycles. The van der Waals surface area contributed by atoms with Crippen molar-refractivity contribution in [3.63, 3.8) is 0 Å². The second kappa shape index (κ2) is 3.43. The lowest BCUT2D eigenvalue weighted by molar-refractivity contribution is 1.19. The van der Waals surface area contributed by atoms with Gasteiger partial charge >= 0.3 is 0 Å². The van der Waals surface area contributed by atoms with Gasteiger partial charge in [0.15, 0.2) is 0 Å². The molecule has 4 rings (SSSR count).